The molecule has 1 aliphatic carbocycles. The molecule has 0 saturated heterocycles. The van der Waals surface area contributed by atoms with E-state index in [4.69, 9.17) is 5.73 Å². The Labute approximate surface area is 145 Å². The summed E-state index contributed by atoms with van der Waals surface area (Å²) in [5.74, 6) is 0.403. The van der Waals surface area contributed by atoms with Crippen molar-refractivity contribution < 1.29 is 8.42 Å². The van der Waals surface area contributed by atoms with Crippen LogP contribution < -0.4 is 15.8 Å². The summed E-state index contributed by atoms with van der Waals surface area (Å²) in [6, 6.07) is 0.396. The van der Waals surface area contributed by atoms with Crippen LogP contribution in [0.25, 0.3) is 0 Å². The van der Waals surface area contributed by atoms with Crippen LogP contribution in [0, 0.1) is 0 Å². The Hall–Kier alpha value is -0.0900. The van der Waals surface area contributed by atoms with E-state index in [2.05, 4.69) is 15.0 Å². The first-order chi connectivity index (χ1) is 9.18. The van der Waals surface area contributed by atoms with Crippen molar-refractivity contribution in [2.45, 2.75) is 64.0 Å². The second kappa shape index (κ2) is 9.14. The molecule has 1 rings (SSSR count). The van der Waals surface area contributed by atoms with Crippen LogP contribution in [0.5, 0.6) is 0 Å². The molecular weight excluding hydrogens is 403 g/mol. The second-order valence-electron chi connectivity index (χ2n) is 6.29. The summed E-state index contributed by atoms with van der Waals surface area (Å²) in [5.41, 5.74) is 5.25. The number of rotatable bonds is 5. The third-order valence-corrected chi connectivity index (χ3v) is 4.24. The van der Waals surface area contributed by atoms with Gasteiger partial charge in [-0.25, -0.2) is 13.1 Å². The van der Waals surface area contributed by atoms with Crippen LogP contribution >= 0.6 is 24.0 Å². The van der Waals surface area contributed by atoms with E-state index in [1.165, 1.54) is 25.7 Å². The summed E-state index contributed by atoms with van der Waals surface area (Å²) >= 11 is 0. The lowest BCUT2D eigenvalue weighted by atomic mass is 10.1. The molecule has 1 saturated carbocycles. The fraction of sp³-hybridized carbons (Fsp3) is 0.923. The number of nitrogens with one attached hydrogen (secondary N) is 2. The van der Waals surface area contributed by atoms with E-state index in [0.29, 0.717) is 18.5 Å². The molecule has 0 amide bonds. The van der Waals surface area contributed by atoms with Gasteiger partial charge >= 0.3 is 0 Å². The highest BCUT2D eigenvalue weighted by atomic mass is 127. The Morgan fingerprint density at radius 3 is 2.24 bits per heavy atom. The van der Waals surface area contributed by atoms with Crippen molar-refractivity contribution >= 4 is 40.0 Å². The lowest BCUT2D eigenvalue weighted by Gasteiger charge is -2.23. The number of halogens is 1. The number of hydrogen-bond acceptors (Lipinski definition) is 3. The van der Waals surface area contributed by atoms with Crippen LogP contribution in [-0.4, -0.2) is 38.8 Å². The largest absolute Gasteiger partial charge is 0.370 e. The normalized spacial score (nSPS) is 18.7. The van der Waals surface area contributed by atoms with E-state index in [-0.39, 0.29) is 24.0 Å². The van der Waals surface area contributed by atoms with Gasteiger partial charge in [0, 0.05) is 11.6 Å². The zero-order chi connectivity index (χ0) is 15.2. The van der Waals surface area contributed by atoms with Gasteiger partial charge < -0.3 is 11.1 Å². The first kappa shape index (κ1) is 20.9. The zero-order valence-electron chi connectivity index (χ0n) is 13.2. The van der Waals surface area contributed by atoms with E-state index < -0.39 is 15.6 Å². The number of guanidine groups is 1. The van der Waals surface area contributed by atoms with Gasteiger partial charge in [-0.05, 0) is 26.7 Å². The average molecular weight is 432 g/mol. The number of nitrogens with two attached hydrogens (primary N) is 1. The zero-order valence-corrected chi connectivity index (χ0v) is 16.3. The molecule has 4 N–H and O–H groups in total. The molecule has 0 unspecified atom stereocenters. The van der Waals surface area contributed by atoms with Crippen molar-refractivity contribution in [2.24, 2.45) is 10.7 Å². The molecule has 1 aliphatic rings. The fourth-order valence-electron chi connectivity index (χ4n) is 2.50. The molecule has 0 spiro atoms. The van der Waals surface area contributed by atoms with Gasteiger partial charge in [-0.3, -0.25) is 4.99 Å². The summed E-state index contributed by atoms with van der Waals surface area (Å²) in [7, 11) is -3.24. The molecule has 0 aromatic carbocycles. The molecule has 1 fully saturated rings. The molecule has 0 aromatic heterocycles. The van der Waals surface area contributed by atoms with E-state index >= 15 is 0 Å². The smallest absolute Gasteiger partial charge is 0.209 e. The molecule has 126 valence electrons. The van der Waals surface area contributed by atoms with Gasteiger partial charge in [0.05, 0.1) is 12.8 Å². The third kappa shape index (κ3) is 10.3. The van der Waals surface area contributed by atoms with Gasteiger partial charge in [0.2, 0.25) is 10.0 Å². The van der Waals surface area contributed by atoms with Gasteiger partial charge in [0.1, 0.15) is 0 Å². The predicted molar refractivity (Wildman–Crippen MR) is 98.6 cm³/mol. The van der Waals surface area contributed by atoms with Crippen molar-refractivity contribution in [1.29, 1.82) is 0 Å². The lowest BCUT2D eigenvalue weighted by molar-refractivity contribution is 0.463. The van der Waals surface area contributed by atoms with E-state index in [1.54, 1.807) is 13.8 Å². The van der Waals surface area contributed by atoms with Crippen LogP contribution in [0.1, 0.15) is 52.4 Å². The Morgan fingerprint density at radius 2 is 1.76 bits per heavy atom. The van der Waals surface area contributed by atoms with Crippen molar-refractivity contribution in [3.05, 3.63) is 0 Å². The van der Waals surface area contributed by atoms with Crippen LogP contribution in [0.4, 0.5) is 0 Å². The Kier molecular flexibility index (Phi) is 9.10. The highest BCUT2D eigenvalue weighted by Crippen LogP contribution is 2.17. The molecule has 21 heavy (non-hydrogen) atoms. The Morgan fingerprint density at radius 1 is 1.24 bits per heavy atom. The summed E-state index contributed by atoms with van der Waals surface area (Å²) in [4.78, 5) is 4.26. The van der Waals surface area contributed by atoms with Crippen molar-refractivity contribution in [3.63, 3.8) is 0 Å². The van der Waals surface area contributed by atoms with Crippen molar-refractivity contribution in [3.8, 4) is 0 Å². The van der Waals surface area contributed by atoms with Crippen LogP contribution in [0.15, 0.2) is 4.99 Å². The maximum Gasteiger partial charge on any atom is 0.209 e. The molecule has 0 aromatic rings. The molecule has 0 atom stereocenters. The number of nitrogens with zero attached hydrogens (tertiary/aromatic N) is 1. The van der Waals surface area contributed by atoms with Gasteiger partial charge in [-0.15, -0.1) is 24.0 Å². The maximum absolute atomic E-state index is 11.2. The Balaban J connectivity index is 0.00000400. The highest BCUT2D eigenvalue weighted by molar-refractivity contribution is 14.0. The third-order valence-electron chi connectivity index (χ3n) is 3.31. The van der Waals surface area contributed by atoms with Gasteiger partial charge in [0.25, 0.3) is 0 Å². The predicted octanol–water partition coefficient (Wildman–Crippen LogP) is 1.56. The molecule has 0 bridgehead atoms. The number of sulfonamides is 1. The summed E-state index contributed by atoms with van der Waals surface area (Å²) in [6.45, 7) is 3.89. The Bertz CT molecular complexity index is 429. The molecule has 0 heterocycles. The minimum Gasteiger partial charge on any atom is -0.370 e. The number of hydrogen-bond donors (Lipinski definition) is 3. The fourth-order valence-corrected chi connectivity index (χ4v) is 3.56. The van der Waals surface area contributed by atoms with Crippen molar-refractivity contribution in [1.82, 2.24) is 10.0 Å². The van der Waals surface area contributed by atoms with E-state index in [1.807, 2.05) is 0 Å². The quantitative estimate of drug-likeness (QED) is 0.266. The summed E-state index contributed by atoms with van der Waals surface area (Å²) in [5, 5.41) is 3.24. The lowest BCUT2D eigenvalue weighted by Crippen LogP contribution is -2.47. The van der Waals surface area contributed by atoms with Crippen LogP contribution in [0.3, 0.4) is 0 Å². The number of aliphatic imine (C=N–C) groups is 1. The minimum absolute atomic E-state index is 0. The molecule has 6 nitrogen and oxygen atoms in total. The minimum atomic E-state index is -3.24. The van der Waals surface area contributed by atoms with Crippen molar-refractivity contribution in [2.75, 3.05) is 12.8 Å². The van der Waals surface area contributed by atoms with Gasteiger partial charge in [0.15, 0.2) is 5.96 Å². The topological polar surface area (TPSA) is 96.6 Å². The standard InChI is InChI=1S/C13H28N4O2S.HI/c1-13(2,17-20(3,18)19)10-15-12(14)16-11-8-6-4-5-7-9-11;/h11,17H,4-10H2,1-3H3,(H3,14,15,16);1H. The van der Waals surface area contributed by atoms with E-state index in [9.17, 15) is 8.42 Å². The SMILES string of the molecule is CC(C)(CN=C(N)NC1CCCCCC1)NS(C)(=O)=O.I. The monoisotopic (exact) mass is 432 g/mol. The summed E-state index contributed by atoms with van der Waals surface area (Å²) in [6.07, 6.45) is 8.44. The van der Waals surface area contributed by atoms with E-state index in [0.717, 1.165) is 19.1 Å². The van der Waals surface area contributed by atoms with Crippen LogP contribution in [0.2, 0.25) is 0 Å². The first-order valence-corrected chi connectivity index (χ1v) is 9.12. The maximum atomic E-state index is 11.2. The molecular formula is C13H29IN4O2S. The van der Waals surface area contributed by atoms with Gasteiger partial charge in [-0.2, -0.15) is 0 Å². The average Bonchev–Trinajstić information content (AvgIpc) is 2.52. The summed E-state index contributed by atoms with van der Waals surface area (Å²) < 4.78 is 25.0. The second-order valence-corrected chi connectivity index (χ2v) is 8.04. The highest BCUT2D eigenvalue weighted by Gasteiger charge is 2.22. The van der Waals surface area contributed by atoms with Gasteiger partial charge in [-0.1, -0.05) is 25.7 Å². The molecule has 0 radical (unpaired) electrons. The first-order valence-electron chi connectivity index (χ1n) is 7.23. The van der Waals surface area contributed by atoms with Crippen LogP contribution in [-0.2, 0) is 10.0 Å². The molecule has 8 heteroatoms. The molecule has 0 aliphatic heterocycles.